The van der Waals surface area contributed by atoms with Gasteiger partial charge in [-0.1, -0.05) is 0 Å². The summed E-state index contributed by atoms with van der Waals surface area (Å²) in [5, 5.41) is 0. The quantitative estimate of drug-likeness (QED) is 0.419. The molecule has 0 aliphatic carbocycles. The second-order valence-corrected chi connectivity index (χ2v) is 1.79. The van der Waals surface area contributed by atoms with E-state index >= 15 is 0 Å². The summed E-state index contributed by atoms with van der Waals surface area (Å²) < 4.78 is 1.21. The summed E-state index contributed by atoms with van der Waals surface area (Å²) in [6.07, 6.45) is 4.22. The van der Waals surface area contributed by atoms with Gasteiger partial charge in [0.2, 0.25) is 0 Å². The van der Waals surface area contributed by atoms with Gasteiger partial charge in [-0.2, -0.15) is 0 Å². The van der Waals surface area contributed by atoms with E-state index in [0.717, 1.165) is 0 Å². The number of hydrogen-bond acceptors (Lipinski definition) is 0. The Bertz CT molecular complexity index is 30.6. The second-order valence-electron chi connectivity index (χ2n) is 0.752. The molecule has 0 aromatic carbocycles. The predicted molar refractivity (Wildman–Crippen MR) is 26.8 cm³/mol. The van der Waals surface area contributed by atoms with E-state index in [1.54, 1.807) is 0 Å². The van der Waals surface area contributed by atoms with E-state index in [0.29, 0.717) is 0 Å². The Morgan fingerprint density at radius 1 is 1.80 bits per heavy atom. The second kappa shape index (κ2) is 4.53. The van der Waals surface area contributed by atoms with Gasteiger partial charge in [-0.15, -0.1) is 0 Å². The normalized spacial score (nSPS) is 10.0. The monoisotopic (exact) mass is 186 g/mol. The van der Waals surface area contributed by atoms with Crippen LogP contribution in [0.4, 0.5) is 0 Å². The van der Waals surface area contributed by atoms with Gasteiger partial charge in [0.05, 0.1) is 0 Å². The Balaban J connectivity index is 2.62. The Labute approximate surface area is 46.2 Å². The summed E-state index contributed by atoms with van der Waals surface area (Å²) in [5.74, 6) is 0. The molecular formula is C4H8Te. The molecule has 0 saturated carbocycles. The fourth-order valence-corrected chi connectivity index (χ4v) is 0.707. The van der Waals surface area contributed by atoms with Crippen LogP contribution in [0, 0.1) is 0 Å². The van der Waals surface area contributed by atoms with Gasteiger partial charge in [-0.25, -0.2) is 0 Å². The van der Waals surface area contributed by atoms with E-state index in [1.807, 2.05) is 29.2 Å². The molecule has 0 aliphatic rings. The maximum atomic E-state index is 2.15. The van der Waals surface area contributed by atoms with Crippen LogP contribution < -0.4 is 0 Å². The van der Waals surface area contributed by atoms with Crippen molar-refractivity contribution in [2.75, 3.05) is 0 Å². The van der Waals surface area contributed by atoms with Crippen LogP contribution in [0.3, 0.4) is 0 Å². The average Bonchev–Trinajstić information content (AvgIpc) is 1.41. The molecule has 0 fully saturated rings. The molecule has 0 unspecified atom stereocenters. The van der Waals surface area contributed by atoms with Gasteiger partial charge in [0, 0.05) is 0 Å². The van der Waals surface area contributed by atoms with Crippen LogP contribution in [0.25, 0.3) is 0 Å². The van der Waals surface area contributed by atoms with Crippen LogP contribution in [-0.4, -0.2) is 22.3 Å². The molecule has 0 atom stereocenters. The molecule has 0 spiro atoms. The van der Waals surface area contributed by atoms with Gasteiger partial charge in [-0.05, 0) is 0 Å². The van der Waals surface area contributed by atoms with Gasteiger partial charge in [0.25, 0.3) is 0 Å². The van der Waals surface area contributed by atoms with Crippen molar-refractivity contribution in [1.82, 2.24) is 0 Å². The average molecular weight is 184 g/mol. The van der Waals surface area contributed by atoms with E-state index < -0.39 is 0 Å². The van der Waals surface area contributed by atoms with E-state index in [1.165, 1.54) is 4.47 Å². The molecule has 0 saturated heterocycles. The van der Waals surface area contributed by atoms with Crippen LogP contribution in [0.2, 0.25) is 4.47 Å². The summed E-state index contributed by atoms with van der Waals surface area (Å²) in [5.41, 5.74) is 0. The van der Waals surface area contributed by atoms with E-state index in [2.05, 4.69) is 12.2 Å². The molecule has 0 amide bonds. The third-order valence-electron chi connectivity index (χ3n) is 0.341. The number of allylic oxidation sites excluding steroid dienone is 2. The molecule has 0 rings (SSSR count). The molecule has 0 nitrogen and oxygen atoms in total. The number of rotatable bonds is 1. The molecule has 0 aliphatic heterocycles. The zero-order valence-corrected chi connectivity index (χ0v) is 5.86. The summed E-state index contributed by atoms with van der Waals surface area (Å²) in [4.78, 5) is 0. The van der Waals surface area contributed by atoms with Crippen molar-refractivity contribution in [3.63, 3.8) is 0 Å². The van der Waals surface area contributed by atoms with Crippen molar-refractivity contribution in [2.45, 2.75) is 11.4 Å². The molecule has 0 aromatic heterocycles. The first-order chi connectivity index (χ1) is 2.41. The van der Waals surface area contributed by atoms with Gasteiger partial charge in [0.15, 0.2) is 0 Å². The van der Waals surface area contributed by atoms with Crippen LogP contribution >= 0.6 is 0 Å². The van der Waals surface area contributed by atoms with Crippen molar-refractivity contribution in [3.05, 3.63) is 12.2 Å². The SMILES string of the molecule is CC=CC[TeH]. The fraction of sp³-hybridized carbons (Fsp3) is 0.500. The third kappa shape index (κ3) is 4.53. The van der Waals surface area contributed by atoms with Gasteiger partial charge in [-0.3, -0.25) is 0 Å². The van der Waals surface area contributed by atoms with E-state index in [-0.39, 0.29) is 0 Å². The maximum absolute atomic E-state index is 2.15. The molecule has 0 heterocycles. The molecule has 0 aromatic rings. The Morgan fingerprint density at radius 3 is 2.40 bits per heavy atom. The van der Waals surface area contributed by atoms with Crippen LogP contribution in [-0.2, 0) is 0 Å². The zero-order chi connectivity index (χ0) is 4.12. The van der Waals surface area contributed by atoms with Crippen molar-refractivity contribution >= 4 is 22.3 Å². The molecule has 0 N–H and O–H groups in total. The molecule has 0 radical (unpaired) electrons. The van der Waals surface area contributed by atoms with Gasteiger partial charge >= 0.3 is 45.8 Å². The molecule has 30 valence electrons. The summed E-state index contributed by atoms with van der Waals surface area (Å²) in [7, 11) is 0. The molecule has 5 heavy (non-hydrogen) atoms. The van der Waals surface area contributed by atoms with Crippen LogP contribution in [0.15, 0.2) is 12.2 Å². The fourth-order valence-electron chi connectivity index (χ4n) is 0.105. The topological polar surface area (TPSA) is 0 Å². The van der Waals surface area contributed by atoms with Crippen molar-refractivity contribution in [1.29, 1.82) is 0 Å². The standard InChI is InChI=1S/C4H8Te/c1-2-3-4-5/h2-3,5H,4H2,1H3. The van der Waals surface area contributed by atoms with Gasteiger partial charge < -0.3 is 0 Å². The summed E-state index contributed by atoms with van der Waals surface area (Å²) in [6, 6.07) is 0. The summed E-state index contributed by atoms with van der Waals surface area (Å²) >= 11 is 1.83. The first kappa shape index (κ1) is 5.53. The predicted octanol–water partition coefficient (Wildman–Crippen LogP) is 0.882. The third-order valence-corrected chi connectivity index (χ3v) is 0.943. The Morgan fingerprint density at radius 2 is 2.40 bits per heavy atom. The Hall–Kier alpha value is 0.530. The Kier molecular flexibility index (Phi) is 5.01. The van der Waals surface area contributed by atoms with E-state index in [9.17, 15) is 0 Å². The zero-order valence-electron chi connectivity index (χ0n) is 3.31. The minimum absolute atomic E-state index is 1.21. The molecular weight excluding hydrogens is 176 g/mol. The molecule has 0 bridgehead atoms. The first-order valence-corrected chi connectivity index (χ1v) is 3.44. The molecule has 1 heteroatoms. The summed E-state index contributed by atoms with van der Waals surface area (Å²) in [6.45, 7) is 2.04. The van der Waals surface area contributed by atoms with Crippen LogP contribution in [0.5, 0.6) is 0 Å². The number of hydrogen-bond donors (Lipinski definition) is 0. The van der Waals surface area contributed by atoms with Crippen molar-refractivity contribution in [3.8, 4) is 0 Å². The van der Waals surface area contributed by atoms with Crippen molar-refractivity contribution in [2.24, 2.45) is 0 Å². The van der Waals surface area contributed by atoms with E-state index in [4.69, 9.17) is 0 Å². The minimum atomic E-state index is 1.21. The van der Waals surface area contributed by atoms with Crippen molar-refractivity contribution < 1.29 is 0 Å². The first-order valence-electron chi connectivity index (χ1n) is 1.64. The van der Waals surface area contributed by atoms with Gasteiger partial charge in [0.1, 0.15) is 0 Å². The van der Waals surface area contributed by atoms with Crippen LogP contribution in [0.1, 0.15) is 6.92 Å².